The van der Waals surface area contributed by atoms with E-state index in [0.29, 0.717) is 12.2 Å². The number of aromatic nitrogens is 2. The Morgan fingerprint density at radius 1 is 1.56 bits per heavy atom. The Morgan fingerprint density at radius 3 is 2.69 bits per heavy atom. The standard InChI is InChI=1S/C10H15N3O3/c1-3-6-13(7-9(14)15)10(16)8-4-5-11-12(8)2/h4-5H,3,6-7H2,1-2H3,(H,14,15). The molecule has 1 aromatic heterocycles. The van der Waals surface area contributed by atoms with E-state index in [1.54, 1.807) is 13.1 Å². The van der Waals surface area contributed by atoms with Crippen LogP contribution in [0.15, 0.2) is 12.3 Å². The van der Waals surface area contributed by atoms with Crippen molar-refractivity contribution >= 4 is 11.9 Å². The largest absolute Gasteiger partial charge is 0.480 e. The van der Waals surface area contributed by atoms with Crippen molar-refractivity contribution in [2.75, 3.05) is 13.1 Å². The highest BCUT2D eigenvalue weighted by Gasteiger charge is 2.19. The summed E-state index contributed by atoms with van der Waals surface area (Å²) < 4.78 is 1.44. The number of hydrogen-bond acceptors (Lipinski definition) is 3. The highest BCUT2D eigenvalue weighted by molar-refractivity contribution is 5.94. The van der Waals surface area contributed by atoms with Crippen molar-refractivity contribution in [3.63, 3.8) is 0 Å². The van der Waals surface area contributed by atoms with Gasteiger partial charge in [0.25, 0.3) is 5.91 Å². The van der Waals surface area contributed by atoms with E-state index in [0.717, 1.165) is 6.42 Å². The van der Waals surface area contributed by atoms with Crippen LogP contribution in [-0.4, -0.2) is 44.8 Å². The van der Waals surface area contributed by atoms with Crippen LogP contribution in [0.2, 0.25) is 0 Å². The lowest BCUT2D eigenvalue weighted by Gasteiger charge is -2.19. The maximum atomic E-state index is 12.0. The van der Waals surface area contributed by atoms with Crippen molar-refractivity contribution in [2.24, 2.45) is 7.05 Å². The number of rotatable bonds is 5. The minimum atomic E-state index is -1.01. The molecule has 0 spiro atoms. The predicted octanol–water partition coefficient (Wildman–Crippen LogP) is 0.357. The van der Waals surface area contributed by atoms with Crippen molar-refractivity contribution in [1.29, 1.82) is 0 Å². The predicted molar refractivity (Wildman–Crippen MR) is 57.0 cm³/mol. The summed E-state index contributed by atoms with van der Waals surface area (Å²) in [5.74, 6) is -1.31. The first-order valence-corrected chi connectivity index (χ1v) is 5.05. The summed E-state index contributed by atoms with van der Waals surface area (Å²) in [5, 5.41) is 12.6. The van der Waals surface area contributed by atoms with Crippen LogP contribution in [0.4, 0.5) is 0 Å². The second kappa shape index (κ2) is 5.29. The maximum Gasteiger partial charge on any atom is 0.323 e. The van der Waals surface area contributed by atoms with Crippen LogP contribution in [0.25, 0.3) is 0 Å². The van der Waals surface area contributed by atoms with E-state index in [1.165, 1.54) is 15.8 Å². The fraction of sp³-hybridized carbons (Fsp3) is 0.500. The monoisotopic (exact) mass is 225 g/mol. The zero-order valence-corrected chi connectivity index (χ0v) is 9.38. The molecular weight excluding hydrogens is 210 g/mol. The molecule has 0 aliphatic heterocycles. The van der Waals surface area contributed by atoms with Gasteiger partial charge in [0, 0.05) is 19.8 Å². The molecule has 1 amide bonds. The molecule has 0 saturated carbocycles. The Balaban J connectivity index is 2.82. The summed E-state index contributed by atoms with van der Waals surface area (Å²) in [6.07, 6.45) is 2.23. The van der Waals surface area contributed by atoms with Gasteiger partial charge in [-0.3, -0.25) is 14.3 Å². The summed E-state index contributed by atoms with van der Waals surface area (Å²) in [4.78, 5) is 23.9. The average molecular weight is 225 g/mol. The van der Waals surface area contributed by atoms with Gasteiger partial charge in [0.05, 0.1) is 0 Å². The summed E-state index contributed by atoms with van der Waals surface area (Å²) in [6.45, 7) is 2.04. The molecule has 0 saturated heterocycles. The van der Waals surface area contributed by atoms with E-state index in [-0.39, 0.29) is 12.5 Å². The Labute approximate surface area is 93.5 Å². The first kappa shape index (κ1) is 12.2. The van der Waals surface area contributed by atoms with Crippen molar-refractivity contribution in [1.82, 2.24) is 14.7 Å². The van der Waals surface area contributed by atoms with Gasteiger partial charge in [-0.1, -0.05) is 6.92 Å². The van der Waals surface area contributed by atoms with Crippen LogP contribution in [0.1, 0.15) is 23.8 Å². The van der Waals surface area contributed by atoms with Crippen LogP contribution in [0, 0.1) is 0 Å². The number of hydrogen-bond donors (Lipinski definition) is 1. The van der Waals surface area contributed by atoms with Gasteiger partial charge in [0.1, 0.15) is 12.2 Å². The number of nitrogens with zero attached hydrogens (tertiary/aromatic N) is 3. The highest BCUT2D eigenvalue weighted by Crippen LogP contribution is 2.04. The second-order valence-corrected chi connectivity index (χ2v) is 3.46. The van der Waals surface area contributed by atoms with Gasteiger partial charge in [-0.15, -0.1) is 0 Å². The molecule has 1 heterocycles. The normalized spacial score (nSPS) is 10.1. The van der Waals surface area contributed by atoms with Gasteiger partial charge in [-0.05, 0) is 12.5 Å². The van der Waals surface area contributed by atoms with Crippen LogP contribution in [0.5, 0.6) is 0 Å². The van der Waals surface area contributed by atoms with E-state index in [1.807, 2.05) is 6.92 Å². The van der Waals surface area contributed by atoms with Gasteiger partial charge in [0.2, 0.25) is 0 Å². The van der Waals surface area contributed by atoms with Crippen LogP contribution >= 0.6 is 0 Å². The van der Waals surface area contributed by atoms with Gasteiger partial charge >= 0.3 is 5.97 Å². The third kappa shape index (κ3) is 2.82. The van der Waals surface area contributed by atoms with Crippen molar-refractivity contribution < 1.29 is 14.7 Å². The van der Waals surface area contributed by atoms with Gasteiger partial charge in [-0.25, -0.2) is 0 Å². The minimum Gasteiger partial charge on any atom is -0.480 e. The molecule has 1 rings (SSSR count). The Bertz CT molecular complexity index is 386. The molecular formula is C10H15N3O3. The zero-order chi connectivity index (χ0) is 12.1. The topological polar surface area (TPSA) is 75.4 Å². The summed E-state index contributed by atoms with van der Waals surface area (Å²) in [6, 6.07) is 1.58. The maximum absolute atomic E-state index is 12.0. The first-order chi connectivity index (χ1) is 7.56. The Kier molecular flexibility index (Phi) is 4.04. The van der Waals surface area contributed by atoms with Crippen molar-refractivity contribution in [2.45, 2.75) is 13.3 Å². The number of carboxylic acids is 1. The molecule has 0 aliphatic carbocycles. The van der Waals surface area contributed by atoms with E-state index in [2.05, 4.69) is 5.10 Å². The third-order valence-electron chi connectivity index (χ3n) is 2.15. The van der Waals surface area contributed by atoms with Crippen LogP contribution in [0.3, 0.4) is 0 Å². The van der Waals surface area contributed by atoms with E-state index < -0.39 is 5.97 Å². The summed E-state index contributed by atoms with van der Waals surface area (Å²) >= 11 is 0. The molecule has 0 unspecified atom stereocenters. The summed E-state index contributed by atoms with van der Waals surface area (Å²) in [7, 11) is 1.65. The minimum absolute atomic E-state index is 0.280. The Morgan fingerprint density at radius 2 is 2.25 bits per heavy atom. The number of carbonyl (C=O) groups excluding carboxylic acids is 1. The molecule has 0 bridgehead atoms. The van der Waals surface area contributed by atoms with Gasteiger partial charge in [0.15, 0.2) is 0 Å². The molecule has 16 heavy (non-hydrogen) atoms. The molecule has 6 heteroatoms. The quantitative estimate of drug-likeness (QED) is 0.784. The zero-order valence-electron chi connectivity index (χ0n) is 9.38. The molecule has 88 valence electrons. The number of amides is 1. The molecule has 0 aliphatic rings. The Hall–Kier alpha value is -1.85. The molecule has 0 aromatic carbocycles. The van der Waals surface area contributed by atoms with E-state index in [4.69, 9.17) is 5.11 Å². The molecule has 0 fully saturated rings. The lowest BCUT2D eigenvalue weighted by Crippen LogP contribution is -2.37. The lowest BCUT2D eigenvalue weighted by atomic mass is 10.3. The molecule has 1 aromatic rings. The van der Waals surface area contributed by atoms with Crippen LogP contribution in [-0.2, 0) is 11.8 Å². The molecule has 1 N–H and O–H groups in total. The lowest BCUT2D eigenvalue weighted by molar-refractivity contribution is -0.137. The van der Waals surface area contributed by atoms with Gasteiger partial charge < -0.3 is 10.0 Å². The van der Waals surface area contributed by atoms with E-state index in [9.17, 15) is 9.59 Å². The smallest absolute Gasteiger partial charge is 0.323 e. The average Bonchev–Trinajstić information content (AvgIpc) is 2.62. The SMILES string of the molecule is CCCN(CC(=O)O)C(=O)c1ccnn1C. The third-order valence-corrected chi connectivity index (χ3v) is 2.15. The van der Waals surface area contributed by atoms with Crippen LogP contribution < -0.4 is 0 Å². The van der Waals surface area contributed by atoms with Crippen molar-refractivity contribution in [3.8, 4) is 0 Å². The molecule has 0 radical (unpaired) electrons. The number of aliphatic carboxylic acids is 1. The second-order valence-electron chi connectivity index (χ2n) is 3.46. The highest BCUT2D eigenvalue weighted by atomic mass is 16.4. The van der Waals surface area contributed by atoms with Crippen molar-refractivity contribution in [3.05, 3.63) is 18.0 Å². The molecule has 6 nitrogen and oxygen atoms in total. The first-order valence-electron chi connectivity index (χ1n) is 5.05. The van der Waals surface area contributed by atoms with E-state index >= 15 is 0 Å². The number of carboxylic acid groups (broad SMARTS) is 1. The summed E-state index contributed by atoms with van der Waals surface area (Å²) in [5.41, 5.74) is 0.398. The number of aryl methyl sites for hydroxylation is 1. The fourth-order valence-electron chi connectivity index (χ4n) is 1.43. The molecule has 0 atom stereocenters. The van der Waals surface area contributed by atoms with Gasteiger partial charge in [-0.2, -0.15) is 5.10 Å². The fourth-order valence-corrected chi connectivity index (χ4v) is 1.43. The number of carbonyl (C=O) groups is 2.